The topological polar surface area (TPSA) is 24.9 Å². The minimum Gasteiger partial charge on any atom is -0.306 e. The fourth-order valence-electron chi connectivity index (χ4n) is 1.88. The molecule has 2 rings (SSSR count). The molecule has 0 amide bonds. The van der Waals surface area contributed by atoms with E-state index < -0.39 is 11.2 Å². The highest BCUT2D eigenvalue weighted by Crippen LogP contribution is 2.36. The first-order chi connectivity index (χ1) is 9.81. The smallest absolute Gasteiger partial charge is 0.306 e. The lowest BCUT2D eigenvalue weighted by molar-refractivity contribution is -0.137. The number of benzene rings is 1. The van der Waals surface area contributed by atoms with Gasteiger partial charge in [0.2, 0.25) is 0 Å². The van der Waals surface area contributed by atoms with Crippen LogP contribution in [-0.2, 0) is 6.18 Å². The first kappa shape index (κ1) is 16.7. The molecule has 0 aliphatic rings. The van der Waals surface area contributed by atoms with Crippen LogP contribution in [0.1, 0.15) is 28.4 Å². The minimum absolute atomic E-state index is 0.376. The van der Waals surface area contributed by atoms with Crippen molar-refractivity contribution < 1.29 is 13.2 Å². The molecule has 1 aromatic carbocycles. The maximum absolute atomic E-state index is 12.7. The Kier molecular flexibility index (Phi) is 5.29. The van der Waals surface area contributed by atoms with Gasteiger partial charge in [-0.2, -0.15) is 13.2 Å². The predicted molar refractivity (Wildman–Crippen MR) is 81.8 cm³/mol. The van der Waals surface area contributed by atoms with Crippen LogP contribution in [-0.4, -0.2) is 11.5 Å². The van der Waals surface area contributed by atoms with Crippen molar-refractivity contribution in [3.63, 3.8) is 0 Å². The van der Waals surface area contributed by atoms with E-state index in [1.165, 1.54) is 6.20 Å². The zero-order valence-corrected chi connectivity index (χ0v) is 14.0. The Morgan fingerprint density at radius 1 is 1.38 bits per heavy atom. The van der Waals surface area contributed by atoms with E-state index in [4.69, 9.17) is 11.6 Å². The fraction of sp³-hybridized carbons (Fsp3) is 0.308. The molecule has 1 aromatic heterocycles. The van der Waals surface area contributed by atoms with E-state index in [1.807, 2.05) is 13.0 Å². The summed E-state index contributed by atoms with van der Waals surface area (Å²) in [6.07, 6.45) is -3.16. The normalized spacial score (nSPS) is 13.4. The molecule has 0 spiro atoms. The van der Waals surface area contributed by atoms with Gasteiger partial charge in [-0.15, -0.1) is 11.3 Å². The van der Waals surface area contributed by atoms with Crippen LogP contribution in [0.5, 0.6) is 0 Å². The fourth-order valence-corrected chi connectivity index (χ4v) is 3.65. The third kappa shape index (κ3) is 4.18. The summed E-state index contributed by atoms with van der Waals surface area (Å²) in [7, 11) is 0. The predicted octanol–water partition coefficient (Wildman–Crippen LogP) is 5.28. The van der Waals surface area contributed by atoms with Gasteiger partial charge in [-0.1, -0.05) is 34.5 Å². The molecule has 1 atom stereocenters. The Hall–Kier alpha value is -0.630. The van der Waals surface area contributed by atoms with E-state index in [2.05, 4.69) is 26.2 Å². The largest absolute Gasteiger partial charge is 0.443 e. The Morgan fingerprint density at radius 3 is 2.62 bits per heavy atom. The number of thiazole rings is 1. The first-order valence-electron chi connectivity index (χ1n) is 6.03. The third-order valence-electron chi connectivity index (χ3n) is 2.68. The number of rotatable bonds is 4. The molecular formula is C13H11BrClF3N2S. The Bertz CT molecular complexity index is 610. The summed E-state index contributed by atoms with van der Waals surface area (Å²) in [6, 6.07) is 4.90. The Morgan fingerprint density at radius 2 is 2.10 bits per heavy atom. The molecule has 8 heteroatoms. The molecule has 0 bridgehead atoms. The molecule has 2 nitrogen and oxygen atoms in total. The highest BCUT2D eigenvalue weighted by atomic mass is 79.9. The number of aromatic nitrogens is 1. The van der Waals surface area contributed by atoms with Crippen molar-refractivity contribution >= 4 is 38.9 Å². The second-order valence-electron chi connectivity index (χ2n) is 4.26. The summed E-state index contributed by atoms with van der Waals surface area (Å²) in [5, 5.41) is 2.83. The highest BCUT2D eigenvalue weighted by molar-refractivity contribution is 9.10. The molecule has 0 saturated heterocycles. The van der Waals surface area contributed by atoms with Gasteiger partial charge in [0.25, 0.3) is 0 Å². The van der Waals surface area contributed by atoms with E-state index in [0.29, 0.717) is 27.8 Å². The van der Waals surface area contributed by atoms with Gasteiger partial charge < -0.3 is 5.32 Å². The molecule has 21 heavy (non-hydrogen) atoms. The monoisotopic (exact) mass is 398 g/mol. The summed E-state index contributed by atoms with van der Waals surface area (Å²) in [5.74, 6) is 0. The molecule has 114 valence electrons. The summed E-state index contributed by atoms with van der Waals surface area (Å²) in [6.45, 7) is 2.49. The van der Waals surface area contributed by atoms with Crippen molar-refractivity contribution in [3.8, 4) is 0 Å². The standard InChI is InChI=1S/C13H11BrClF3N2S/c1-2-19-11(7-3-8(14)5-9(15)4-7)10-6-20-12(21-10)13(16,17)18/h3-6,11,19H,2H2,1H3. The van der Waals surface area contributed by atoms with Crippen LogP contribution >= 0.6 is 38.9 Å². The van der Waals surface area contributed by atoms with E-state index >= 15 is 0 Å². The molecule has 0 aliphatic carbocycles. The maximum atomic E-state index is 12.7. The Labute approximate surface area is 137 Å². The maximum Gasteiger partial charge on any atom is 0.443 e. The molecule has 0 saturated carbocycles. The van der Waals surface area contributed by atoms with Crippen LogP contribution in [0, 0.1) is 0 Å². The van der Waals surface area contributed by atoms with Crippen molar-refractivity contribution in [2.75, 3.05) is 6.54 Å². The summed E-state index contributed by atoms with van der Waals surface area (Å²) in [4.78, 5) is 3.97. The van der Waals surface area contributed by atoms with Gasteiger partial charge in [-0.3, -0.25) is 0 Å². The Balaban J connectivity index is 2.41. The second-order valence-corrected chi connectivity index (χ2v) is 6.67. The third-order valence-corrected chi connectivity index (χ3v) is 4.46. The molecule has 0 aliphatic heterocycles. The lowest BCUT2D eigenvalue weighted by atomic mass is 10.1. The first-order valence-corrected chi connectivity index (χ1v) is 8.02. The highest BCUT2D eigenvalue weighted by Gasteiger charge is 2.35. The van der Waals surface area contributed by atoms with Gasteiger partial charge in [0.15, 0.2) is 5.01 Å². The number of halogens is 5. The van der Waals surface area contributed by atoms with E-state index in [1.54, 1.807) is 12.1 Å². The number of nitrogens with zero attached hydrogens (tertiary/aromatic N) is 1. The van der Waals surface area contributed by atoms with Crippen LogP contribution < -0.4 is 5.32 Å². The lowest BCUT2D eigenvalue weighted by Crippen LogP contribution is -2.21. The van der Waals surface area contributed by atoms with Crippen molar-refractivity contribution in [3.05, 3.63) is 49.3 Å². The van der Waals surface area contributed by atoms with Crippen molar-refractivity contribution in [2.45, 2.75) is 19.1 Å². The molecule has 2 aromatic rings. The van der Waals surface area contributed by atoms with E-state index in [9.17, 15) is 13.2 Å². The average Bonchev–Trinajstić information content (AvgIpc) is 2.83. The van der Waals surface area contributed by atoms with Crippen molar-refractivity contribution in [2.24, 2.45) is 0 Å². The minimum atomic E-state index is -4.42. The van der Waals surface area contributed by atoms with Gasteiger partial charge in [-0.25, -0.2) is 4.98 Å². The van der Waals surface area contributed by atoms with Gasteiger partial charge in [0, 0.05) is 20.6 Å². The molecule has 0 radical (unpaired) electrons. The van der Waals surface area contributed by atoms with Crippen LogP contribution in [0.15, 0.2) is 28.9 Å². The number of nitrogens with one attached hydrogen (secondary N) is 1. The summed E-state index contributed by atoms with van der Waals surface area (Å²) in [5.41, 5.74) is 0.786. The summed E-state index contributed by atoms with van der Waals surface area (Å²) >= 11 is 9.98. The van der Waals surface area contributed by atoms with Gasteiger partial charge in [0.1, 0.15) is 0 Å². The molecule has 1 heterocycles. The van der Waals surface area contributed by atoms with Gasteiger partial charge in [0.05, 0.1) is 6.04 Å². The van der Waals surface area contributed by atoms with Crippen LogP contribution in [0.3, 0.4) is 0 Å². The molecule has 1 N–H and O–H groups in total. The van der Waals surface area contributed by atoms with E-state index in [0.717, 1.165) is 10.0 Å². The van der Waals surface area contributed by atoms with Gasteiger partial charge in [-0.05, 0) is 30.3 Å². The second kappa shape index (κ2) is 6.64. The van der Waals surface area contributed by atoms with E-state index in [-0.39, 0.29) is 6.04 Å². The van der Waals surface area contributed by atoms with Crippen LogP contribution in [0.4, 0.5) is 13.2 Å². The molecule has 1 unspecified atom stereocenters. The molecular weight excluding hydrogens is 389 g/mol. The van der Waals surface area contributed by atoms with Crippen molar-refractivity contribution in [1.29, 1.82) is 0 Å². The van der Waals surface area contributed by atoms with Crippen LogP contribution in [0.2, 0.25) is 5.02 Å². The van der Waals surface area contributed by atoms with Crippen LogP contribution in [0.25, 0.3) is 0 Å². The number of hydrogen-bond acceptors (Lipinski definition) is 3. The zero-order valence-electron chi connectivity index (χ0n) is 10.8. The molecule has 0 fully saturated rings. The van der Waals surface area contributed by atoms with Crippen molar-refractivity contribution in [1.82, 2.24) is 10.3 Å². The average molecular weight is 400 g/mol. The number of hydrogen-bond donors (Lipinski definition) is 1. The summed E-state index contributed by atoms with van der Waals surface area (Å²) < 4.78 is 38.8. The lowest BCUT2D eigenvalue weighted by Gasteiger charge is -2.17. The number of alkyl halides is 3. The SMILES string of the molecule is CCNC(c1cc(Cl)cc(Br)c1)c1cnc(C(F)(F)F)s1. The van der Waals surface area contributed by atoms with Gasteiger partial charge >= 0.3 is 6.18 Å². The quantitative estimate of drug-likeness (QED) is 0.757. The zero-order chi connectivity index (χ0) is 15.6.